The van der Waals surface area contributed by atoms with E-state index in [0.717, 1.165) is 6.42 Å². The van der Waals surface area contributed by atoms with Gasteiger partial charge in [0.15, 0.2) is 11.5 Å². The van der Waals surface area contributed by atoms with Gasteiger partial charge in [-0.15, -0.1) is 5.11 Å². The standard InChI is InChI=1S/C16H17FN2O3/c1-22-11-5-6-12-13(8-11)16(21)14(15(12)20)19-18-10-4-2-3-9(17)7-10/h2-4,7,11-13,21H,5-6,8H2,1H3. The van der Waals surface area contributed by atoms with E-state index in [1.165, 1.54) is 18.2 Å². The fourth-order valence-electron chi connectivity index (χ4n) is 3.19. The number of fused-ring (bicyclic) bond motifs is 1. The lowest BCUT2D eigenvalue weighted by atomic mass is 9.79. The van der Waals surface area contributed by atoms with Gasteiger partial charge in [-0.25, -0.2) is 4.39 Å². The number of benzene rings is 1. The van der Waals surface area contributed by atoms with Crippen molar-refractivity contribution in [1.82, 2.24) is 0 Å². The monoisotopic (exact) mass is 304 g/mol. The minimum atomic E-state index is -0.427. The van der Waals surface area contributed by atoms with Gasteiger partial charge >= 0.3 is 0 Å². The molecule has 0 radical (unpaired) electrons. The average molecular weight is 304 g/mol. The molecule has 0 aromatic heterocycles. The first kappa shape index (κ1) is 14.8. The number of carbonyl (C=O) groups is 1. The number of ketones is 1. The highest BCUT2D eigenvalue weighted by atomic mass is 19.1. The summed E-state index contributed by atoms with van der Waals surface area (Å²) in [7, 11) is 1.63. The number of aliphatic hydroxyl groups is 1. The maximum atomic E-state index is 13.1. The van der Waals surface area contributed by atoms with Crippen molar-refractivity contribution in [2.24, 2.45) is 22.1 Å². The highest BCUT2D eigenvalue weighted by Crippen LogP contribution is 2.43. The minimum Gasteiger partial charge on any atom is -0.510 e. The molecule has 0 amide bonds. The van der Waals surface area contributed by atoms with Crippen LogP contribution in [0.4, 0.5) is 10.1 Å². The molecule has 6 heteroatoms. The van der Waals surface area contributed by atoms with Crippen molar-refractivity contribution in [2.45, 2.75) is 25.4 Å². The molecule has 1 aromatic rings. The van der Waals surface area contributed by atoms with Crippen molar-refractivity contribution in [2.75, 3.05) is 7.11 Å². The van der Waals surface area contributed by atoms with Gasteiger partial charge in [0, 0.05) is 25.0 Å². The van der Waals surface area contributed by atoms with Gasteiger partial charge in [0.25, 0.3) is 0 Å². The Morgan fingerprint density at radius 3 is 2.82 bits per heavy atom. The molecule has 0 saturated heterocycles. The molecule has 1 saturated carbocycles. The highest BCUT2D eigenvalue weighted by molar-refractivity contribution is 6.00. The van der Waals surface area contributed by atoms with Gasteiger partial charge in [0.2, 0.25) is 0 Å². The predicted octanol–water partition coefficient (Wildman–Crippen LogP) is 3.69. The van der Waals surface area contributed by atoms with Gasteiger partial charge in [-0.1, -0.05) is 6.07 Å². The van der Waals surface area contributed by atoms with Crippen LogP contribution in [-0.4, -0.2) is 24.1 Å². The summed E-state index contributed by atoms with van der Waals surface area (Å²) in [5, 5.41) is 18.0. The van der Waals surface area contributed by atoms with Gasteiger partial charge in [-0.2, -0.15) is 5.11 Å². The van der Waals surface area contributed by atoms with Gasteiger partial charge in [0.1, 0.15) is 11.6 Å². The summed E-state index contributed by atoms with van der Waals surface area (Å²) in [5.74, 6) is -1.11. The van der Waals surface area contributed by atoms with Crippen molar-refractivity contribution in [3.8, 4) is 0 Å². The second-order valence-corrected chi connectivity index (χ2v) is 5.66. The summed E-state index contributed by atoms with van der Waals surface area (Å²) in [6.07, 6.45) is 2.13. The Labute approximate surface area is 127 Å². The van der Waals surface area contributed by atoms with Crippen LogP contribution in [0.1, 0.15) is 19.3 Å². The molecule has 0 spiro atoms. The molecule has 22 heavy (non-hydrogen) atoms. The molecular weight excluding hydrogens is 287 g/mol. The number of halogens is 1. The quantitative estimate of drug-likeness (QED) is 0.866. The number of hydrogen-bond donors (Lipinski definition) is 1. The Morgan fingerprint density at radius 2 is 2.09 bits per heavy atom. The molecule has 0 bridgehead atoms. The molecule has 2 aliphatic carbocycles. The SMILES string of the molecule is COC1CCC2C(=O)C(N=Nc3cccc(F)c3)=C(O)C2C1. The van der Waals surface area contributed by atoms with E-state index in [0.29, 0.717) is 18.5 Å². The first-order valence-corrected chi connectivity index (χ1v) is 7.27. The van der Waals surface area contributed by atoms with E-state index in [1.807, 2.05) is 0 Å². The Balaban J connectivity index is 1.83. The fourth-order valence-corrected chi connectivity index (χ4v) is 3.19. The number of ether oxygens (including phenoxy) is 1. The molecule has 2 aliphatic rings. The van der Waals surface area contributed by atoms with Crippen LogP contribution < -0.4 is 0 Å². The summed E-state index contributed by atoms with van der Waals surface area (Å²) in [5.41, 5.74) is 0.300. The molecule has 3 atom stereocenters. The molecule has 1 aromatic carbocycles. The van der Waals surface area contributed by atoms with Crippen LogP contribution in [0.5, 0.6) is 0 Å². The van der Waals surface area contributed by atoms with Gasteiger partial charge in [-0.05, 0) is 31.4 Å². The van der Waals surface area contributed by atoms with Gasteiger partial charge in [-0.3, -0.25) is 4.79 Å². The fraction of sp³-hybridized carbons (Fsp3) is 0.438. The van der Waals surface area contributed by atoms with Gasteiger partial charge in [0.05, 0.1) is 11.8 Å². The summed E-state index contributed by atoms with van der Waals surface area (Å²) in [4.78, 5) is 12.3. The summed E-state index contributed by atoms with van der Waals surface area (Å²) >= 11 is 0. The molecule has 3 unspecified atom stereocenters. The number of carbonyl (C=O) groups excluding carboxylic acids is 1. The minimum absolute atomic E-state index is 0.00369. The number of methoxy groups -OCH3 is 1. The zero-order valence-corrected chi connectivity index (χ0v) is 12.2. The lowest BCUT2D eigenvalue weighted by Crippen LogP contribution is -2.30. The predicted molar refractivity (Wildman–Crippen MR) is 77.2 cm³/mol. The van der Waals surface area contributed by atoms with Crippen LogP contribution in [0.15, 0.2) is 46.0 Å². The van der Waals surface area contributed by atoms with Crippen molar-refractivity contribution in [1.29, 1.82) is 0 Å². The van der Waals surface area contributed by atoms with Crippen molar-refractivity contribution in [3.05, 3.63) is 41.5 Å². The number of rotatable bonds is 3. The highest BCUT2D eigenvalue weighted by Gasteiger charge is 2.46. The maximum absolute atomic E-state index is 13.1. The Bertz CT molecular complexity index is 657. The molecule has 116 valence electrons. The number of allylic oxidation sites excluding steroid dienone is 2. The summed E-state index contributed by atoms with van der Waals surface area (Å²) < 4.78 is 18.4. The number of hydrogen-bond acceptors (Lipinski definition) is 5. The summed E-state index contributed by atoms with van der Waals surface area (Å²) in [6.45, 7) is 0. The lowest BCUT2D eigenvalue weighted by molar-refractivity contribution is -0.121. The van der Waals surface area contributed by atoms with Crippen LogP contribution in [0.25, 0.3) is 0 Å². The van der Waals surface area contributed by atoms with Gasteiger partial charge < -0.3 is 9.84 Å². The third-order valence-electron chi connectivity index (χ3n) is 4.37. The van der Waals surface area contributed by atoms with E-state index < -0.39 is 5.82 Å². The second kappa shape index (κ2) is 5.96. The third kappa shape index (κ3) is 2.66. The zero-order chi connectivity index (χ0) is 15.7. The molecule has 1 N–H and O–H groups in total. The van der Waals surface area contributed by atoms with Crippen LogP contribution in [0.2, 0.25) is 0 Å². The van der Waals surface area contributed by atoms with E-state index in [1.54, 1.807) is 13.2 Å². The van der Waals surface area contributed by atoms with E-state index in [9.17, 15) is 14.3 Å². The second-order valence-electron chi connectivity index (χ2n) is 5.66. The number of Topliss-reactive ketones (excluding diaryl/α,β-unsaturated/α-hetero) is 1. The topological polar surface area (TPSA) is 71.2 Å². The molecule has 0 heterocycles. The largest absolute Gasteiger partial charge is 0.510 e. The van der Waals surface area contributed by atoms with Crippen LogP contribution in [0, 0.1) is 17.7 Å². The molecule has 5 nitrogen and oxygen atoms in total. The Hall–Kier alpha value is -2.08. The Morgan fingerprint density at radius 1 is 1.27 bits per heavy atom. The van der Waals surface area contributed by atoms with Crippen LogP contribution in [0.3, 0.4) is 0 Å². The van der Waals surface area contributed by atoms with Crippen molar-refractivity contribution < 1.29 is 19.0 Å². The van der Waals surface area contributed by atoms with E-state index in [2.05, 4.69) is 10.2 Å². The molecule has 1 fully saturated rings. The molecule has 3 rings (SSSR count). The third-order valence-corrected chi connectivity index (χ3v) is 4.37. The number of aliphatic hydroxyl groups excluding tert-OH is 1. The number of nitrogens with zero attached hydrogens (tertiary/aromatic N) is 2. The van der Waals surface area contributed by atoms with E-state index in [4.69, 9.17) is 4.74 Å². The van der Waals surface area contributed by atoms with E-state index >= 15 is 0 Å². The number of azo groups is 1. The maximum Gasteiger partial charge on any atom is 0.190 e. The summed E-state index contributed by atoms with van der Waals surface area (Å²) in [6, 6.07) is 5.61. The first-order valence-electron chi connectivity index (χ1n) is 7.27. The van der Waals surface area contributed by atoms with Crippen LogP contribution >= 0.6 is 0 Å². The normalized spacial score (nSPS) is 28.5. The Kier molecular flexibility index (Phi) is 4.02. The van der Waals surface area contributed by atoms with Crippen molar-refractivity contribution in [3.63, 3.8) is 0 Å². The molecular formula is C16H17FN2O3. The van der Waals surface area contributed by atoms with E-state index in [-0.39, 0.29) is 35.2 Å². The molecule has 0 aliphatic heterocycles. The lowest BCUT2D eigenvalue weighted by Gasteiger charge is -2.29. The average Bonchev–Trinajstić information content (AvgIpc) is 2.76. The van der Waals surface area contributed by atoms with Crippen LogP contribution in [-0.2, 0) is 9.53 Å². The van der Waals surface area contributed by atoms with Crippen molar-refractivity contribution >= 4 is 11.5 Å². The zero-order valence-electron chi connectivity index (χ0n) is 12.2. The first-order chi connectivity index (χ1) is 10.6. The smallest absolute Gasteiger partial charge is 0.190 e.